The predicted molar refractivity (Wildman–Crippen MR) is 91.8 cm³/mol. The summed E-state index contributed by atoms with van der Waals surface area (Å²) in [4.78, 5) is 8.25. The van der Waals surface area contributed by atoms with Gasteiger partial charge in [0.2, 0.25) is 0 Å². The van der Waals surface area contributed by atoms with Crippen molar-refractivity contribution >= 4 is 10.9 Å². The molecule has 1 aromatic carbocycles. The van der Waals surface area contributed by atoms with Gasteiger partial charge < -0.3 is 0 Å². The summed E-state index contributed by atoms with van der Waals surface area (Å²) >= 11 is 0. The molecule has 3 aromatic heterocycles. The Morgan fingerprint density at radius 1 is 0.926 bits per heavy atom. The average molecular weight is 372 g/mol. The number of rotatable bonds is 2. The monoisotopic (exact) mass is 372 g/mol. The number of aryl methyl sites for hydroxylation is 1. The number of pyridine rings is 2. The zero-order valence-electron chi connectivity index (χ0n) is 14.0. The number of alkyl halides is 3. The van der Waals surface area contributed by atoms with Crippen molar-refractivity contribution in [1.29, 1.82) is 0 Å². The van der Waals surface area contributed by atoms with Crippen molar-refractivity contribution in [2.24, 2.45) is 0 Å². The summed E-state index contributed by atoms with van der Waals surface area (Å²) in [5.74, 6) is -0.231. The van der Waals surface area contributed by atoms with E-state index in [4.69, 9.17) is 0 Å². The van der Waals surface area contributed by atoms with E-state index in [0.29, 0.717) is 16.6 Å². The van der Waals surface area contributed by atoms with Crippen LogP contribution in [0.15, 0.2) is 54.9 Å². The number of hydrogen-bond acceptors (Lipinski definition) is 3. The van der Waals surface area contributed by atoms with Crippen LogP contribution in [0.2, 0.25) is 0 Å². The third-order valence-corrected chi connectivity index (χ3v) is 4.11. The van der Waals surface area contributed by atoms with Crippen molar-refractivity contribution in [3.63, 3.8) is 0 Å². The maximum Gasteiger partial charge on any atom is 0.416 e. The Labute approximate surface area is 151 Å². The summed E-state index contributed by atoms with van der Waals surface area (Å²) in [5.41, 5.74) is 1.36. The first-order valence-electron chi connectivity index (χ1n) is 7.98. The molecule has 27 heavy (non-hydrogen) atoms. The van der Waals surface area contributed by atoms with Crippen molar-refractivity contribution in [1.82, 2.24) is 19.7 Å². The lowest BCUT2D eigenvalue weighted by molar-refractivity contribution is -0.137. The Morgan fingerprint density at radius 3 is 2.37 bits per heavy atom. The molecule has 0 bridgehead atoms. The summed E-state index contributed by atoms with van der Waals surface area (Å²) in [5, 5.41) is 4.80. The number of hydrogen-bond donors (Lipinski definition) is 0. The van der Waals surface area contributed by atoms with Crippen LogP contribution in [0, 0.1) is 12.7 Å². The van der Waals surface area contributed by atoms with E-state index in [9.17, 15) is 17.6 Å². The van der Waals surface area contributed by atoms with Crippen LogP contribution in [-0.2, 0) is 6.18 Å². The molecule has 0 fully saturated rings. The zero-order valence-corrected chi connectivity index (χ0v) is 14.0. The molecule has 0 aliphatic carbocycles. The number of benzene rings is 1. The van der Waals surface area contributed by atoms with Crippen molar-refractivity contribution in [2.45, 2.75) is 13.1 Å². The lowest BCUT2D eigenvalue weighted by Crippen LogP contribution is -2.04. The van der Waals surface area contributed by atoms with Crippen molar-refractivity contribution < 1.29 is 17.6 Å². The number of nitrogens with zero attached hydrogens (tertiary/aromatic N) is 4. The second kappa shape index (κ2) is 6.15. The van der Waals surface area contributed by atoms with Gasteiger partial charge in [0.05, 0.1) is 23.0 Å². The maximum absolute atomic E-state index is 13.2. The Morgan fingerprint density at radius 2 is 1.74 bits per heavy atom. The molecule has 4 aromatic rings. The molecule has 0 spiro atoms. The summed E-state index contributed by atoms with van der Waals surface area (Å²) in [7, 11) is 0. The van der Waals surface area contributed by atoms with Crippen LogP contribution in [0.5, 0.6) is 0 Å². The molecule has 0 radical (unpaired) electrons. The van der Waals surface area contributed by atoms with Crippen molar-refractivity contribution in [3.05, 3.63) is 71.9 Å². The molecule has 3 heterocycles. The van der Waals surface area contributed by atoms with Gasteiger partial charge in [0.15, 0.2) is 5.82 Å². The van der Waals surface area contributed by atoms with Gasteiger partial charge in [-0.25, -0.2) is 14.1 Å². The average Bonchev–Trinajstić information content (AvgIpc) is 3.01. The lowest BCUT2D eigenvalue weighted by atomic mass is 10.1. The van der Waals surface area contributed by atoms with Gasteiger partial charge in [0, 0.05) is 22.8 Å². The third-order valence-electron chi connectivity index (χ3n) is 4.11. The highest BCUT2D eigenvalue weighted by molar-refractivity contribution is 5.94. The SMILES string of the molecule is Cc1ccc(-c2c3ccc(C(F)(F)F)cc3nn2-c2ccc(F)cn2)cn1. The smallest absolute Gasteiger partial charge is 0.261 e. The molecule has 0 unspecified atom stereocenters. The van der Waals surface area contributed by atoms with Gasteiger partial charge in [-0.2, -0.15) is 18.3 Å². The van der Waals surface area contributed by atoms with Crippen LogP contribution < -0.4 is 0 Å². The summed E-state index contributed by atoms with van der Waals surface area (Å²) in [6.45, 7) is 1.83. The molecule has 136 valence electrons. The first-order chi connectivity index (χ1) is 12.8. The minimum atomic E-state index is -4.47. The lowest BCUT2D eigenvalue weighted by Gasteiger charge is -2.08. The molecule has 0 amide bonds. The van der Waals surface area contributed by atoms with E-state index in [1.165, 1.54) is 22.9 Å². The first-order valence-corrected chi connectivity index (χ1v) is 7.98. The van der Waals surface area contributed by atoms with E-state index in [1.807, 2.05) is 6.92 Å². The van der Waals surface area contributed by atoms with Crippen molar-refractivity contribution in [3.8, 4) is 17.1 Å². The molecule has 4 nitrogen and oxygen atoms in total. The Hall–Kier alpha value is -3.29. The highest BCUT2D eigenvalue weighted by Gasteiger charge is 2.31. The predicted octanol–water partition coefficient (Wildman–Crippen LogP) is 4.95. The zero-order chi connectivity index (χ0) is 19.2. The summed E-state index contributed by atoms with van der Waals surface area (Å²) in [6, 6.07) is 9.60. The minimum Gasteiger partial charge on any atom is -0.261 e. The van der Waals surface area contributed by atoms with Crippen LogP contribution >= 0.6 is 0 Å². The fourth-order valence-corrected chi connectivity index (χ4v) is 2.81. The molecule has 4 rings (SSSR count). The second-order valence-electron chi connectivity index (χ2n) is 6.01. The van der Waals surface area contributed by atoms with Crippen LogP contribution in [0.4, 0.5) is 17.6 Å². The first kappa shape index (κ1) is 17.1. The number of fused-ring (bicyclic) bond motifs is 1. The van der Waals surface area contributed by atoms with Gasteiger partial charge in [-0.1, -0.05) is 0 Å². The van der Waals surface area contributed by atoms with Gasteiger partial charge in [0.25, 0.3) is 0 Å². The molecule has 0 saturated carbocycles. The quantitative estimate of drug-likeness (QED) is 0.468. The van der Waals surface area contributed by atoms with Crippen LogP contribution in [0.25, 0.3) is 28.0 Å². The minimum absolute atomic E-state index is 0.159. The molecular formula is C19H12F4N4. The fourth-order valence-electron chi connectivity index (χ4n) is 2.81. The number of aromatic nitrogens is 4. The Kier molecular flexibility index (Phi) is 3.91. The van der Waals surface area contributed by atoms with Crippen LogP contribution in [0.1, 0.15) is 11.3 Å². The van der Waals surface area contributed by atoms with E-state index in [-0.39, 0.29) is 11.3 Å². The highest BCUT2D eigenvalue weighted by atomic mass is 19.4. The fraction of sp³-hybridized carbons (Fsp3) is 0.105. The molecule has 0 N–H and O–H groups in total. The van der Waals surface area contributed by atoms with Crippen LogP contribution in [-0.4, -0.2) is 19.7 Å². The largest absolute Gasteiger partial charge is 0.416 e. The van der Waals surface area contributed by atoms with Gasteiger partial charge in [0.1, 0.15) is 5.82 Å². The van der Waals surface area contributed by atoms with Crippen molar-refractivity contribution in [2.75, 3.05) is 0 Å². The molecule has 0 saturated heterocycles. The summed E-state index contributed by atoms with van der Waals surface area (Å²) < 4.78 is 53.8. The van der Waals surface area contributed by atoms with E-state index in [1.54, 1.807) is 18.3 Å². The van der Waals surface area contributed by atoms with E-state index >= 15 is 0 Å². The second-order valence-corrected chi connectivity index (χ2v) is 6.01. The molecular weight excluding hydrogens is 360 g/mol. The van der Waals surface area contributed by atoms with Gasteiger partial charge in [-0.15, -0.1) is 0 Å². The van der Waals surface area contributed by atoms with E-state index in [2.05, 4.69) is 15.1 Å². The standard InChI is InChI=1S/C19H12F4N4/c1-11-2-3-12(9-24-11)18-15-6-4-13(19(21,22)23)8-16(15)26-27(18)17-7-5-14(20)10-25-17/h2-10H,1H3. The van der Waals surface area contributed by atoms with Gasteiger partial charge in [-0.3, -0.25) is 4.98 Å². The summed E-state index contributed by atoms with van der Waals surface area (Å²) in [6.07, 6.45) is -1.83. The Balaban J connectivity index is 2.00. The van der Waals surface area contributed by atoms with Crippen LogP contribution in [0.3, 0.4) is 0 Å². The topological polar surface area (TPSA) is 43.6 Å². The number of halogens is 4. The Bertz CT molecular complexity index is 1110. The van der Waals surface area contributed by atoms with E-state index in [0.717, 1.165) is 24.0 Å². The van der Waals surface area contributed by atoms with Gasteiger partial charge >= 0.3 is 6.18 Å². The van der Waals surface area contributed by atoms with Gasteiger partial charge in [-0.05, 0) is 49.4 Å². The molecule has 0 aliphatic heterocycles. The molecule has 0 atom stereocenters. The molecule has 8 heteroatoms. The van der Waals surface area contributed by atoms with E-state index < -0.39 is 17.6 Å². The molecule has 0 aliphatic rings. The third kappa shape index (κ3) is 3.14. The highest BCUT2D eigenvalue weighted by Crippen LogP contribution is 2.35. The normalized spacial score (nSPS) is 11.9. The maximum atomic E-state index is 13.2.